The number of carbonyl (C=O) groups is 3. The van der Waals surface area contributed by atoms with E-state index in [0.29, 0.717) is 36.4 Å². The van der Waals surface area contributed by atoms with Crippen molar-refractivity contribution in [2.45, 2.75) is 30.6 Å². The Bertz CT molecular complexity index is 1090. The van der Waals surface area contributed by atoms with E-state index in [0.717, 1.165) is 0 Å². The lowest BCUT2D eigenvalue weighted by Crippen LogP contribution is -2.44. The number of halogens is 1. The van der Waals surface area contributed by atoms with Gasteiger partial charge in [0, 0.05) is 44.5 Å². The SMILES string of the molecule is COCCN1C(=O)C[C@@](CC(=O)N2CC[C@@H](c3ccccc3F)C2)(c2ccccc2OC)C1=O. The standard InChI is InChI=1S/C26H29FN2O5/c1-33-14-13-29-24(31)16-26(25(29)32,20-8-4-6-10-22(20)34-2)15-23(30)28-12-11-18(17-28)19-7-3-5-9-21(19)27/h3-10,18H,11-17H2,1-2H3/t18-,26+/m1/s1. The third-order valence-electron chi connectivity index (χ3n) is 6.89. The molecule has 0 radical (unpaired) electrons. The molecule has 0 N–H and O–H groups in total. The number of likely N-dealkylation sites (tertiary alicyclic amines) is 2. The number of hydrogen-bond donors (Lipinski definition) is 0. The van der Waals surface area contributed by atoms with E-state index >= 15 is 0 Å². The molecular formula is C26H29FN2O5. The van der Waals surface area contributed by atoms with Crippen LogP contribution in [0.4, 0.5) is 4.39 Å². The van der Waals surface area contributed by atoms with Gasteiger partial charge in [-0.1, -0.05) is 36.4 Å². The molecule has 2 aliphatic rings. The van der Waals surface area contributed by atoms with Crippen LogP contribution in [0.2, 0.25) is 0 Å². The predicted octanol–water partition coefficient (Wildman–Crippen LogP) is 2.88. The first kappa shape index (κ1) is 23.9. The summed E-state index contributed by atoms with van der Waals surface area (Å²) in [5.74, 6) is -0.928. The second-order valence-electron chi connectivity index (χ2n) is 8.83. The van der Waals surface area contributed by atoms with Crippen LogP contribution in [0.25, 0.3) is 0 Å². The molecule has 2 aliphatic heterocycles. The van der Waals surface area contributed by atoms with Crippen molar-refractivity contribution in [1.82, 2.24) is 9.80 Å². The van der Waals surface area contributed by atoms with Gasteiger partial charge in [0.25, 0.3) is 0 Å². The number of methoxy groups -OCH3 is 2. The van der Waals surface area contributed by atoms with Crippen LogP contribution in [0.5, 0.6) is 5.75 Å². The average molecular weight is 469 g/mol. The summed E-state index contributed by atoms with van der Waals surface area (Å²) < 4.78 is 24.9. The van der Waals surface area contributed by atoms with E-state index in [-0.39, 0.29) is 49.5 Å². The Labute approximate surface area is 198 Å². The normalized spacial score (nSPS) is 22.5. The van der Waals surface area contributed by atoms with Gasteiger partial charge < -0.3 is 14.4 Å². The lowest BCUT2D eigenvalue weighted by atomic mass is 9.75. The molecule has 34 heavy (non-hydrogen) atoms. The number of hydrogen-bond acceptors (Lipinski definition) is 5. The molecule has 0 spiro atoms. The molecule has 2 atom stereocenters. The fourth-order valence-corrected chi connectivity index (χ4v) is 5.11. The molecule has 4 rings (SSSR count). The lowest BCUT2D eigenvalue weighted by molar-refractivity contribution is -0.143. The smallest absolute Gasteiger partial charge is 0.241 e. The number of amides is 3. The summed E-state index contributed by atoms with van der Waals surface area (Å²) in [6.07, 6.45) is 0.360. The van der Waals surface area contributed by atoms with Crippen molar-refractivity contribution in [3.8, 4) is 5.75 Å². The van der Waals surface area contributed by atoms with Crippen molar-refractivity contribution in [1.29, 1.82) is 0 Å². The van der Waals surface area contributed by atoms with E-state index in [2.05, 4.69) is 0 Å². The third kappa shape index (κ3) is 4.30. The lowest BCUT2D eigenvalue weighted by Gasteiger charge is -2.30. The van der Waals surface area contributed by atoms with E-state index in [4.69, 9.17) is 9.47 Å². The van der Waals surface area contributed by atoms with Crippen molar-refractivity contribution < 1.29 is 28.2 Å². The quantitative estimate of drug-likeness (QED) is 0.557. The Morgan fingerprint density at radius 2 is 1.85 bits per heavy atom. The molecule has 0 aromatic heterocycles. The third-order valence-corrected chi connectivity index (χ3v) is 6.89. The van der Waals surface area contributed by atoms with Gasteiger partial charge in [-0.15, -0.1) is 0 Å². The van der Waals surface area contributed by atoms with Gasteiger partial charge in [0.05, 0.1) is 25.7 Å². The summed E-state index contributed by atoms with van der Waals surface area (Å²) in [7, 11) is 3.00. The molecule has 8 heteroatoms. The van der Waals surface area contributed by atoms with Crippen molar-refractivity contribution in [2.75, 3.05) is 40.5 Å². The Kier molecular flexibility index (Phi) is 6.97. The summed E-state index contributed by atoms with van der Waals surface area (Å²) >= 11 is 0. The minimum absolute atomic E-state index is 0.105. The molecule has 0 aliphatic carbocycles. The zero-order valence-corrected chi connectivity index (χ0v) is 19.5. The Morgan fingerprint density at radius 1 is 1.12 bits per heavy atom. The summed E-state index contributed by atoms with van der Waals surface area (Å²) in [4.78, 5) is 42.9. The van der Waals surface area contributed by atoms with Crippen molar-refractivity contribution >= 4 is 17.7 Å². The molecule has 0 bridgehead atoms. The molecular weight excluding hydrogens is 439 g/mol. The Morgan fingerprint density at radius 3 is 2.59 bits per heavy atom. The first-order chi connectivity index (χ1) is 16.4. The van der Waals surface area contributed by atoms with Crippen molar-refractivity contribution in [2.24, 2.45) is 0 Å². The average Bonchev–Trinajstić information content (AvgIpc) is 3.42. The Balaban J connectivity index is 1.62. The van der Waals surface area contributed by atoms with Crippen LogP contribution in [0.15, 0.2) is 48.5 Å². The van der Waals surface area contributed by atoms with Gasteiger partial charge in [-0.2, -0.15) is 0 Å². The number of ether oxygens (including phenoxy) is 2. The number of benzene rings is 2. The van der Waals surface area contributed by atoms with Gasteiger partial charge in [-0.25, -0.2) is 4.39 Å². The van der Waals surface area contributed by atoms with Crippen molar-refractivity contribution in [3.05, 3.63) is 65.5 Å². The van der Waals surface area contributed by atoms with Crippen LogP contribution in [0.1, 0.15) is 36.3 Å². The zero-order chi connectivity index (χ0) is 24.3. The number of carbonyl (C=O) groups excluding carboxylic acids is 3. The monoisotopic (exact) mass is 468 g/mol. The predicted molar refractivity (Wildman–Crippen MR) is 123 cm³/mol. The van der Waals surface area contributed by atoms with E-state index < -0.39 is 11.3 Å². The highest BCUT2D eigenvalue weighted by Gasteiger charge is 2.55. The fourth-order valence-electron chi connectivity index (χ4n) is 5.11. The van der Waals surface area contributed by atoms with E-state index in [1.54, 1.807) is 47.4 Å². The van der Waals surface area contributed by atoms with Gasteiger partial charge in [-0.3, -0.25) is 19.3 Å². The maximum absolute atomic E-state index is 14.3. The molecule has 2 aromatic carbocycles. The molecule has 3 amide bonds. The zero-order valence-electron chi connectivity index (χ0n) is 19.5. The van der Waals surface area contributed by atoms with Crippen LogP contribution < -0.4 is 4.74 Å². The molecule has 2 saturated heterocycles. The molecule has 7 nitrogen and oxygen atoms in total. The molecule has 0 saturated carbocycles. The molecule has 0 unspecified atom stereocenters. The van der Waals surface area contributed by atoms with Crippen molar-refractivity contribution in [3.63, 3.8) is 0 Å². The van der Waals surface area contributed by atoms with Gasteiger partial charge in [-0.05, 0) is 24.1 Å². The van der Waals surface area contributed by atoms with Gasteiger partial charge >= 0.3 is 0 Å². The second-order valence-corrected chi connectivity index (χ2v) is 8.83. The largest absolute Gasteiger partial charge is 0.496 e. The topological polar surface area (TPSA) is 76.2 Å². The molecule has 2 aromatic rings. The number of para-hydroxylation sites is 1. The first-order valence-corrected chi connectivity index (χ1v) is 11.4. The van der Waals surface area contributed by atoms with Crippen LogP contribution in [0.3, 0.4) is 0 Å². The molecule has 2 heterocycles. The van der Waals surface area contributed by atoms with E-state index in [1.807, 2.05) is 0 Å². The van der Waals surface area contributed by atoms with Gasteiger partial charge in [0.15, 0.2) is 0 Å². The number of imide groups is 1. The number of rotatable bonds is 8. The maximum Gasteiger partial charge on any atom is 0.241 e. The van der Waals surface area contributed by atoms with Crippen LogP contribution in [-0.4, -0.2) is 68.0 Å². The Hall–Kier alpha value is -3.26. The van der Waals surface area contributed by atoms with E-state index in [9.17, 15) is 18.8 Å². The summed E-state index contributed by atoms with van der Waals surface area (Å²) in [6.45, 7) is 1.18. The van der Waals surface area contributed by atoms with Crippen LogP contribution in [0, 0.1) is 5.82 Å². The first-order valence-electron chi connectivity index (χ1n) is 11.4. The molecule has 180 valence electrons. The number of nitrogens with zero attached hydrogens (tertiary/aromatic N) is 2. The highest BCUT2D eigenvalue weighted by molar-refractivity contribution is 6.11. The maximum atomic E-state index is 14.3. The van der Waals surface area contributed by atoms with Crippen LogP contribution >= 0.6 is 0 Å². The highest BCUT2D eigenvalue weighted by atomic mass is 19.1. The summed E-state index contributed by atoms with van der Waals surface area (Å²) in [5.41, 5.74) is -0.242. The highest BCUT2D eigenvalue weighted by Crippen LogP contribution is 2.44. The fraction of sp³-hybridized carbons (Fsp3) is 0.423. The molecule has 2 fully saturated rings. The minimum Gasteiger partial charge on any atom is -0.496 e. The summed E-state index contributed by atoms with van der Waals surface area (Å²) in [5, 5.41) is 0. The van der Waals surface area contributed by atoms with Gasteiger partial charge in [0.1, 0.15) is 11.6 Å². The van der Waals surface area contributed by atoms with Crippen LogP contribution in [-0.2, 0) is 24.5 Å². The minimum atomic E-state index is -1.36. The van der Waals surface area contributed by atoms with Gasteiger partial charge in [0.2, 0.25) is 17.7 Å². The summed E-state index contributed by atoms with van der Waals surface area (Å²) in [6, 6.07) is 13.6. The van der Waals surface area contributed by atoms with E-state index in [1.165, 1.54) is 25.2 Å². The second kappa shape index (κ2) is 9.93.